The second-order valence-corrected chi connectivity index (χ2v) is 4.25. The number of amides is 1. The fourth-order valence-electron chi connectivity index (χ4n) is 1.66. The lowest BCUT2D eigenvalue weighted by atomic mass is 10.2. The number of ether oxygens (including phenoxy) is 1. The van der Waals surface area contributed by atoms with Crippen molar-refractivity contribution in [2.45, 2.75) is 39.3 Å². The van der Waals surface area contributed by atoms with Crippen molar-refractivity contribution in [2.24, 2.45) is 0 Å². The molecule has 0 spiro atoms. The molecule has 0 bridgehead atoms. The van der Waals surface area contributed by atoms with Gasteiger partial charge in [0.1, 0.15) is 0 Å². The van der Waals surface area contributed by atoms with E-state index in [1.54, 1.807) is 0 Å². The number of hydrogen-bond donors (Lipinski definition) is 1. The Bertz CT molecular complexity index is 207. The molecule has 0 aromatic carbocycles. The van der Waals surface area contributed by atoms with Gasteiger partial charge in [-0.25, -0.2) is 0 Å². The second-order valence-electron chi connectivity index (χ2n) is 4.25. The van der Waals surface area contributed by atoms with E-state index in [0.717, 1.165) is 19.6 Å². The highest BCUT2D eigenvalue weighted by molar-refractivity contribution is 5.75. The first-order valence-electron chi connectivity index (χ1n) is 5.76. The highest BCUT2D eigenvalue weighted by Crippen LogP contribution is 2.06. The Balaban J connectivity index is 2.32. The van der Waals surface area contributed by atoms with Gasteiger partial charge in [-0.05, 0) is 0 Å². The first-order valence-corrected chi connectivity index (χ1v) is 5.76. The molecule has 1 amide bonds. The van der Waals surface area contributed by atoms with Crippen LogP contribution in [0.25, 0.3) is 0 Å². The normalized spacial score (nSPS) is 22.1. The highest BCUT2D eigenvalue weighted by atomic mass is 16.5. The molecule has 1 unspecified atom stereocenters. The Morgan fingerprint density at radius 1 is 1.60 bits per heavy atom. The van der Waals surface area contributed by atoms with Crippen molar-refractivity contribution >= 4 is 5.91 Å². The molecule has 1 N–H and O–H groups in total. The van der Waals surface area contributed by atoms with Gasteiger partial charge in [0.05, 0.1) is 12.7 Å². The maximum Gasteiger partial charge on any atom is 0.222 e. The van der Waals surface area contributed by atoms with E-state index in [-0.39, 0.29) is 12.0 Å². The number of rotatable bonds is 4. The SMILES string of the molecule is CCC(=O)N1CCOC(CNC(C)C)C1. The summed E-state index contributed by atoms with van der Waals surface area (Å²) in [5.41, 5.74) is 0. The van der Waals surface area contributed by atoms with Crippen molar-refractivity contribution < 1.29 is 9.53 Å². The van der Waals surface area contributed by atoms with Crippen molar-refractivity contribution in [3.05, 3.63) is 0 Å². The molecule has 88 valence electrons. The predicted octanol–water partition coefficient (Wildman–Crippen LogP) is 0.622. The van der Waals surface area contributed by atoms with Crippen LogP contribution in [-0.2, 0) is 9.53 Å². The van der Waals surface area contributed by atoms with Gasteiger partial charge in [-0.3, -0.25) is 4.79 Å². The summed E-state index contributed by atoms with van der Waals surface area (Å²) in [6.07, 6.45) is 0.737. The van der Waals surface area contributed by atoms with E-state index in [2.05, 4.69) is 19.2 Å². The molecule has 0 aromatic heterocycles. The molecule has 0 saturated carbocycles. The molecule has 4 nitrogen and oxygen atoms in total. The standard InChI is InChI=1S/C11H22N2O2/c1-4-11(14)13-5-6-15-10(8-13)7-12-9(2)3/h9-10,12H,4-8H2,1-3H3. The molecule has 1 saturated heterocycles. The van der Waals surface area contributed by atoms with Crippen LogP contribution >= 0.6 is 0 Å². The minimum atomic E-state index is 0.150. The summed E-state index contributed by atoms with van der Waals surface area (Å²) in [4.78, 5) is 13.4. The summed E-state index contributed by atoms with van der Waals surface area (Å²) in [6.45, 7) is 9.08. The molecule has 0 radical (unpaired) electrons. The van der Waals surface area contributed by atoms with E-state index in [0.29, 0.717) is 19.1 Å². The van der Waals surface area contributed by atoms with Gasteiger partial charge in [0.25, 0.3) is 0 Å². The van der Waals surface area contributed by atoms with Crippen molar-refractivity contribution in [2.75, 3.05) is 26.2 Å². The largest absolute Gasteiger partial charge is 0.373 e. The lowest BCUT2D eigenvalue weighted by Gasteiger charge is -2.33. The third-order valence-corrected chi connectivity index (χ3v) is 2.55. The minimum Gasteiger partial charge on any atom is -0.373 e. The van der Waals surface area contributed by atoms with Gasteiger partial charge in [0, 0.05) is 32.1 Å². The number of nitrogens with zero attached hydrogens (tertiary/aromatic N) is 1. The van der Waals surface area contributed by atoms with Gasteiger partial charge in [0.15, 0.2) is 0 Å². The molecular weight excluding hydrogens is 192 g/mol. The van der Waals surface area contributed by atoms with Crippen LogP contribution in [-0.4, -0.2) is 49.2 Å². The lowest BCUT2D eigenvalue weighted by Crippen LogP contribution is -2.49. The molecular formula is C11H22N2O2. The summed E-state index contributed by atoms with van der Waals surface area (Å²) >= 11 is 0. The molecule has 1 rings (SSSR count). The molecule has 4 heteroatoms. The first-order chi connectivity index (χ1) is 7.13. The van der Waals surface area contributed by atoms with Crippen LogP contribution < -0.4 is 5.32 Å². The van der Waals surface area contributed by atoms with Gasteiger partial charge in [-0.2, -0.15) is 0 Å². The van der Waals surface area contributed by atoms with E-state index >= 15 is 0 Å². The maximum absolute atomic E-state index is 11.5. The molecule has 1 fully saturated rings. The summed E-state index contributed by atoms with van der Waals surface area (Å²) in [5.74, 6) is 0.229. The smallest absolute Gasteiger partial charge is 0.222 e. The second kappa shape index (κ2) is 6.08. The third kappa shape index (κ3) is 4.18. The van der Waals surface area contributed by atoms with Gasteiger partial charge >= 0.3 is 0 Å². The summed E-state index contributed by atoms with van der Waals surface area (Å²) in [7, 11) is 0. The van der Waals surface area contributed by atoms with Crippen molar-refractivity contribution in [1.29, 1.82) is 0 Å². The molecule has 1 heterocycles. The zero-order valence-corrected chi connectivity index (χ0v) is 9.95. The topological polar surface area (TPSA) is 41.6 Å². The average molecular weight is 214 g/mol. The number of hydrogen-bond acceptors (Lipinski definition) is 3. The van der Waals surface area contributed by atoms with Crippen LogP contribution in [0.5, 0.6) is 0 Å². The summed E-state index contributed by atoms with van der Waals surface area (Å²) in [5, 5.41) is 3.33. The Labute approximate surface area is 92.0 Å². The fraction of sp³-hybridized carbons (Fsp3) is 0.909. The van der Waals surface area contributed by atoms with Gasteiger partial charge in [-0.1, -0.05) is 20.8 Å². The summed E-state index contributed by atoms with van der Waals surface area (Å²) < 4.78 is 5.60. The van der Waals surface area contributed by atoms with Crippen LogP contribution in [0, 0.1) is 0 Å². The molecule has 0 aromatic rings. The monoisotopic (exact) mass is 214 g/mol. The zero-order chi connectivity index (χ0) is 11.3. The first kappa shape index (κ1) is 12.5. The van der Waals surface area contributed by atoms with Crippen molar-refractivity contribution in [3.8, 4) is 0 Å². The van der Waals surface area contributed by atoms with E-state index < -0.39 is 0 Å². The number of carbonyl (C=O) groups excluding carboxylic acids is 1. The predicted molar refractivity (Wildman–Crippen MR) is 59.7 cm³/mol. The van der Waals surface area contributed by atoms with Crippen molar-refractivity contribution in [3.63, 3.8) is 0 Å². The van der Waals surface area contributed by atoms with Crippen LogP contribution in [0.4, 0.5) is 0 Å². The maximum atomic E-state index is 11.5. The number of carbonyl (C=O) groups is 1. The zero-order valence-electron chi connectivity index (χ0n) is 9.95. The third-order valence-electron chi connectivity index (χ3n) is 2.55. The van der Waals surface area contributed by atoms with Gasteiger partial charge < -0.3 is 15.0 Å². The molecule has 15 heavy (non-hydrogen) atoms. The minimum absolute atomic E-state index is 0.150. The van der Waals surface area contributed by atoms with Crippen LogP contribution in [0.1, 0.15) is 27.2 Å². The Morgan fingerprint density at radius 3 is 2.93 bits per heavy atom. The van der Waals surface area contributed by atoms with E-state index in [1.165, 1.54) is 0 Å². The average Bonchev–Trinajstić information content (AvgIpc) is 2.25. The van der Waals surface area contributed by atoms with E-state index in [9.17, 15) is 4.79 Å². The van der Waals surface area contributed by atoms with Gasteiger partial charge in [-0.15, -0.1) is 0 Å². The Hall–Kier alpha value is -0.610. The van der Waals surface area contributed by atoms with Gasteiger partial charge in [0.2, 0.25) is 5.91 Å². The number of nitrogens with one attached hydrogen (secondary N) is 1. The van der Waals surface area contributed by atoms with Crippen LogP contribution in [0.2, 0.25) is 0 Å². The fourth-order valence-corrected chi connectivity index (χ4v) is 1.66. The molecule has 1 atom stereocenters. The lowest BCUT2D eigenvalue weighted by molar-refractivity contribution is -0.138. The van der Waals surface area contributed by atoms with Crippen LogP contribution in [0.15, 0.2) is 0 Å². The van der Waals surface area contributed by atoms with Crippen molar-refractivity contribution in [1.82, 2.24) is 10.2 Å². The highest BCUT2D eigenvalue weighted by Gasteiger charge is 2.22. The molecule has 1 aliphatic rings. The Kier molecular flexibility index (Phi) is 5.05. The van der Waals surface area contributed by atoms with Crippen LogP contribution in [0.3, 0.4) is 0 Å². The molecule has 1 aliphatic heterocycles. The van der Waals surface area contributed by atoms with E-state index in [1.807, 2.05) is 11.8 Å². The quantitative estimate of drug-likeness (QED) is 0.746. The van der Waals surface area contributed by atoms with E-state index in [4.69, 9.17) is 4.74 Å². The summed E-state index contributed by atoms with van der Waals surface area (Å²) in [6, 6.07) is 0.464. The Morgan fingerprint density at radius 2 is 2.33 bits per heavy atom. The molecule has 0 aliphatic carbocycles. The number of morpholine rings is 1.